The Morgan fingerprint density at radius 3 is 2.62 bits per heavy atom. The molecule has 0 amide bonds. The topological polar surface area (TPSA) is 27.7 Å². The van der Waals surface area contributed by atoms with E-state index in [0.717, 1.165) is 18.6 Å². The van der Waals surface area contributed by atoms with Crippen LogP contribution in [-0.4, -0.2) is 29.9 Å². The molecule has 3 nitrogen and oxygen atoms in total. The molecule has 0 aliphatic heterocycles. The van der Waals surface area contributed by atoms with Crippen LogP contribution in [0.5, 0.6) is 0 Å². The van der Waals surface area contributed by atoms with E-state index in [9.17, 15) is 0 Å². The SMILES string of the molecule is COC(OC)[Si]OC1=CCCCC1. The predicted octanol–water partition coefficient (Wildman–Crippen LogP) is 1.66. The Hall–Kier alpha value is -0.323. The Balaban J connectivity index is 2.20. The summed E-state index contributed by atoms with van der Waals surface area (Å²) in [4.78, 5) is 0. The molecule has 1 aliphatic carbocycles. The number of hydrogen-bond acceptors (Lipinski definition) is 3. The third-order valence-corrected chi connectivity index (χ3v) is 3.01. The largest absolute Gasteiger partial charge is 0.539 e. The standard InChI is InChI=1S/C9H16O3Si/c1-10-9(11-2)13-12-8-6-4-3-5-7-8/h6,9H,3-5,7H2,1-2H3. The van der Waals surface area contributed by atoms with E-state index in [1.807, 2.05) is 0 Å². The van der Waals surface area contributed by atoms with Crippen LogP contribution in [0.1, 0.15) is 25.7 Å². The van der Waals surface area contributed by atoms with Crippen molar-refractivity contribution in [2.45, 2.75) is 31.6 Å². The summed E-state index contributed by atoms with van der Waals surface area (Å²) in [5.74, 6) is 0.881. The summed E-state index contributed by atoms with van der Waals surface area (Å²) in [5, 5.41) is 0. The summed E-state index contributed by atoms with van der Waals surface area (Å²) in [7, 11) is 3.49. The van der Waals surface area contributed by atoms with Crippen LogP contribution in [0.25, 0.3) is 0 Å². The van der Waals surface area contributed by atoms with E-state index in [-0.39, 0.29) is 15.7 Å². The van der Waals surface area contributed by atoms with Gasteiger partial charge < -0.3 is 13.9 Å². The molecule has 0 N–H and O–H groups in total. The van der Waals surface area contributed by atoms with Gasteiger partial charge in [0.25, 0.3) is 0 Å². The fourth-order valence-corrected chi connectivity index (χ4v) is 1.84. The molecule has 0 aromatic heterocycles. The lowest BCUT2D eigenvalue weighted by Gasteiger charge is -2.16. The highest BCUT2D eigenvalue weighted by Crippen LogP contribution is 2.17. The highest BCUT2D eigenvalue weighted by molar-refractivity contribution is 6.28. The minimum absolute atomic E-state index is 0.220. The average molecular weight is 200 g/mol. The third kappa shape index (κ3) is 3.93. The zero-order valence-corrected chi connectivity index (χ0v) is 9.21. The van der Waals surface area contributed by atoms with Crippen molar-refractivity contribution >= 4 is 9.76 Å². The number of methoxy groups -OCH3 is 2. The second-order valence-electron chi connectivity index (χ2n) is 2.94. The van der Waals surface area contributed by atoms with Gasteiger partial charge in [-0.15, -0.1) is 0 Å². The first-order valence-electron chi connectivity index (χ1n) is 4.54. The van der Waals surface area contributed by atoms with Crippen molar-refractivity contribution in [3.8, 4) is 0 Å². The Morgan fingerprint density at radius 1 is 1.31 bits per heavy atom. The maximum atomic E-state index is 5.57. The molecule has 0 heterocycles. The maximum absolute atomic E-state index is 5.57. The number of allylic oxidation sites excluding steroid dienone is 2. The van der Waals surface area contributed by atoms with Gasteiger partial charge in [-0.3, -0.25) is 0 Å². The van der Waals surface area contributed by atoms with Crippen molar-refractivity contribution in [1.82, 2.24) is 0 Å². The molecule has 74 valence electrons. The van der Waals surface area contributed by atoms with Crippen molar-refractivity contribution in [1.29, 1.82) is 0 Å². The maximum Gasteiger partial charge on any atom is 0.376 e. The Bertz CT molecular complexity index is 166. The summed E-state index contributed by atoms with van der Waals surface area (Å²) in [6.45, 7) is 0. The molecule has 0 unspecified atom stereocenters. The molecule has 0 atom stereocenters. The highest BCUT2D eigenvalue weighted by atomic mass is 28.2. The smallest absolute Gasteiger partial charge is 0.376 e. The van der Waals surface area contributed by atoms with Gasteiger partial charge >= 0.3 is 9.76 Å². The quantitative estimate of drug-likeness (QED) is 0.499. The van der Waals surface area contributed by atoms with E-state index < -0.39 is 0 Å². The lowest BCUT2D eigenvalue weighted by molar-refractivity contribution is -0.0511. The number of ether oxygens (including phenoxy) is 2. The van der Waals surface area contributed by atoms with Crippen molar-refractivity contribution in [3.05, 3.63) is 11.8 Å². The minimum atomic E-state index is -0.220. The molecule has 13 heavy (non-hydrogen) atoms. The van der Waals surface area contributed by atoms with E-state index in [2.05, 4.69) is 6.08 Å². The van der Waals surface area contributed by atoms with Gasteiger partial charge in [0.15, 0.2) is 5.91 Å². The van der Waals surface area contributed by atoms with Crippen LogP contribution in [0.15, 0.2) is 11.8 Å². The van der Waals surface area contributed by atoms with Crippen molar-refractivity contribution in [2.75, 3.05) is 14.2 Å². The first kappa shape index (κ1) is 10.8. The lowest BCUT2D eigenvalue weighted by Crippen LogP contribution is -2.23. The summed E-state index contributed by atoms with van der Waals surface area (Å²) in [6, 6.07) is 0. The van der Waals surface area contributed by atoms with E-state index in [4.69, 9.17) is 13.9 Å². The highest BCUT2D eigenvalue weighted by Gasteiger charge is 2.12. The molecule has 0 saturated carbocycles. The van der Waals surface area contributed by atoms with Gasteiger partial charge in [-0.2, -0.15) is 0 Å². The molecule has 0 saturated heterocycles. The first-order chi connectivity index (χ1) is 6.36. The van der Waals surface area contributed by atoms with E-state index in [1.165, 1.54) is 12.8 Å². The second-order valence-corrected chi connectivity index (χ2v) is 3.85. The zero-order chi connectivity index (χ0) is 9.52. The van der Waals surface area contributed by atoms with Crippen LogP contribution in [-0.2, 0) is 13.9 Å². The molecule has 0 aromatic rings. The molecule has 2 radical (unpaired) electrons. The summed E-state index contributed by atoms with van der Waals surface area (Å²) in [6.07, 6.45) is 6.89. The van der Waals surface area contributed by atoms with Crippen molar-refractivity contribution in [3.63, 3.8) is 0 Å². The molecule has 1 rings (SSSR count). The molecule has 0 spiro atoms. The molecule has 4 heteroatoms. The normalized spacial score (nSPS) is 17.3. The first-order valence-corrected chi connectivity index (χ1v) is 5.52. The fraction of sp³-hybridized carbons (Fsp3) is 0.778. The van der Waals surface area contributed by atoms with Crippen LogP contribution in [0, 0.1) is 0 Å². The van der Waals surface area contributed by atoms with E-state index >= 15 is 0 Å². The number of hydrogen-bond donors (Lipinski definition) is 0. The monoisotopic (exact) mass is 200 g/mol. The second kappa shape index (κ2) is 6.18. The summed E-state index contributed by atoms with van der Waals surface area (Å²) < 4.78 is 15.6. The molecule has 0 bridgehead atoms. The van der Waals surface area contributed by atoms with Gasteiger partial charge in [-0.25, -0.2) is 0 Å². The molecule has 0 fully saturated rings. The van der Waals surface area contributed by atoms with E-state index in [0.29, 0.717) is 0 Å². The zero-order valence-electron chi connectivity index (χ0n) is 8.21. The Labute approximate surface area is 82.0 Å². The van der Waals surface area contributed by atoms with Gasteiger partial charge in [0, 0.05) is 20.6 Å². The summed E-state index contributed by atoms with van der Waals surface area (Å²) in [5.41, 5.74) is 0. The molecular weight excluding hydrogens is 184 g/mol. The van der Waals surface area contributed by atoms with E-state index in [1.54, 1.807) is 14.2 Å². The van der Waals surface area contributed by atoms with Gasteiger partial charge in [0.1, 0.15) is 0 Å². The number of rotatable bonds is 5. The van der Waals surface area contributed by atoms with Gasteiger partial charge in [-0.1, -0.05) is 0 Å². The van der Waals surface area contributed by atoms with Crippen molar-refractivity contribution in [2.24, 2.45) is 0 Å². The van der Waals surface area contributed by atoms with Gasteiger partial charge in [0.2, 0.25) is 0 Å². The Kier molecular flexibility index (Phi) is 5.11. The van der Waals surface area contributed by atoms with Gasteiger partial charge in [0.05, 0.1) is 5.76 Å². The van der Waals surface area contributed by atoms with Crippen LogP contribution < -0.4 is 0 Å². The third-order valence-electron chi connectivity index (χ3n) is 1.96. The Morgan fingerprint density at radius 2 is 2.08 bits per heavy atom. The van der Waals surface area contributed by atoms with Crippen LogP contribution in [0.4, 0.5) is 0 Å². The molecular formula is C9H16O3Si. The average Bonchev–Trinajstić information content (AvgIpc) is 2.21. The van der Waals surface area contributed by atoms with Crippen LogP contribution in [0.3, 0.4) is 0 Å². The predicted molar refractivity (Wildman–Crippen MR) is 51.2 cm³/mol. The molecule has 1 aliphatic rings. The van der Waals surface area contributed by atoms with Crippen LogP contribution >= 0.6 is 0 Å². The van der Waals surface area contributed by atoms with Crippen LogP contribution in [0.2, 0.25) is 0 Å². The summed E-state index contributed by atoms with van der Waals surface area (Å²) >= 11 is 0. The van der Waals surface area contributed by atoms with Crippen molar-refractivity contribution < 1.29 is 13.9 Å². The van der Waals surface area contributed by atoms with Gasteiger partial charge in [-0.05, 0) is 25.3 Å². The minimum Gasteiger partial charge on any atom is -0.539 e. The fourth-order valence-electron chi connectivity index (χ4n) is 1.22. The lowest BCUT2D eigenvalue weighted by atomic mass is 10.1. The molecule has 0 aromatic carbocycles.